The zero-order valence-electron chi connectivity index (χ0n) is 9.35. The van der Waals surface area contributed by atoms with Crippen molar-refractivity contribution < 1.29 is 9.84 Å². The van der Waals surface area contributed by atoms with Crippen molar-refractivity contribution in [1.82, 2.24) is 4.98 Å². The number of halogens is 1. The van der Waals surface area contributed by atoms with Crippen LogP contribution in [0, 0.1) is 6.92 Å². The molecule has 3 nitrogen and oxygen atoms in total. The fourth-order valence-electron chi connectivity index (χ4n) is 1.43. The molecule has 0 aliphatic carbocycles. The van der Waals surface area contributed by atoms with Crippen LogP contribution in [0.3, 0.4) is 0 Å². The molecule has 1 aromatic heterocycles. The Morgan fingerprint density at radius 2 is 2.12 bits per heavy atom. The van der Waals surface area contributed by atoms with Gasteiger partial charge in [0.05, 0.1) is 17.3 Å². The van der Waals surface area contributed by atoms with Crippen molar-refractivity contribution in [2.75, 3.05) is 0 Å². The molecular formula is C13H12ClNO2. The quantitative estimate of drug-likeness (QED) is 0.907. The lowest BCUT2D eigenvalue weighted by atomic mass is 10.2. The summed E-state index contributed by atoms with van der Waals surface area (Å²) in [6, 6.07) is 11.0. The largest absolute Gasteiger partial charge is 0.439 e. The topological polar surface area (TPSA) is 42.4 Å². The first-order chi connectivity index (χ1) is 8.19. The van der Waals surface area contributed by atoms with Crippen LogP contribution in [0.5, 0.6) is 11.6 Å². The van der Waals surface area contributed by atoms with Crippen LogP contribution in [-0.4, -0.2) is 10.1 Å². The molecule has 0 aliphatic rings. The third-order valence-corrected chi connectivity index (χ3v) is 2.60. The molecule has 0 amide bonds. The van der Waals surface area contributed by atoms with E-state index in [0.717, 1.165) is 5.56 Å². The number of nitrogens with zero attached hydrogens (tertiary/aromatic N) is 1. The minimum Gasteiger partial charge on any atom is -0.439 e. The Morgan fingerprint density at radius 1 is 1.29 bits per heavy atom. The maximum absolute atomic E-state index is 9.05. The molecule has 0 spiro atoms. The SMILES string of the molecule is Cc1cccc(Oc2ccc(Cl)c(CO)n2)c1. The summed E-state index contributed by atoms with van der Waals surface area (Å²) in [6.07, 6.45) is 0. The Kier molecular flexibility index (Phi) is 3.61. The fraction of sp³-hybridized carbons (Fsp3) is 0.154. The van der Waals surface area contributed by atoms with Crippen LogP contribution >= 0.6 is 11.6 Å². The van der Waals surface area contributed by atoms with Gasteiger partial charge in [0.1, 0.15) is 5.75 Å². The van der Waals surface area contributed by atoms with Gasteiger partial charge in [-0.25, -0.2) is 4.98 Å². The Morgan fingerprint density at radius 3 is 2.82 bits per heavy atom. The zero-order valence-corrected chi connectivity index (χ0v) is 10.1. The van der Waals surface area contributed by atoms with Gasteiger partial charge in [-0.2, -0.15) is 0 Å². The van der Waals surface area contributed by atoms with Crippen LogP contribution in [0.2, 0.25) is 5.02 Å². The summed E-state index contributed by atoms with van der Waals surface area (Å²) in [5.74, 6) is 1.13. The monoisotopic (exact) mass is 249 g/mol. The first-order valence-corrected chi connectivity index (χ1v) is 5.57. The number of pyridine rings is 1. The minimum atomic E-state index is -0.205. The maximum atomic E-state index is 9.05. The Hall–Kier alpha value is -1.58. The number of hydrogen-bond donors (Lipinski definition) is 1. The number of ether oxygens (including phenoxy) is 1. The molecular weight excluding hydrogens is 238 g/mol. The van der Waals surface area contributed by atoms with Crippen LogP contribution in [-0.2, 0) is 6.61 Å². The van der Waals surface area contributed by atoms with Gasteiger partial charge in [-0.05, 0) is 30.7 Å². The van der Waals surface area contributed by atoms with Crippen molar-refractivity contribution >= 4 is 11.6 Å². The molecule has 1 N–H and O–H groups in total. The van der Waals surface area contributed by atoms with E-state index >= 15 is 0 Å². The second-order valence-corrected chi connectivity index (χ2v) is 4.06. The lowest BCUT2D eigenvalue weighted by Crippen LogP contribution is -1.94. The van der Waals surface area contributed by atoms with Gasteiger partial charge in [0.15, 0.2) is 0 Å². The summed E-state index contributed by atoms with van der Waals surface area (Å²) in [5.41, 5.74) is 1.52. The van der Waals surface area contributed by atoms with Crippen molar-refractivity contribution in [3.05, 3.63) is 52.7 Å². The molecule has 0 radical (unpaired) electrons. The molecule has 0 unspecified atom stereocenters. The second kappa shape index (κ2) is 5.17. The molecule has 1 heterocycles. The van der Waals surface area contributed by atoms with Crippen LogP contribution in [0.15, 0.2) is 36.4 Å². The lowest BCUT2D eigenvalue weighted by molar-refractivity contribution is 0.275. The van der Waals surface area contributed by atoms with Crippen molar-refractivity contribution in [3.8, 4) is 11.6 Å². The molecule has 88 valence electrons. The molecule has 0 saturated heterocycles. The van der Waals surface area contributed by atoms with E-state index in [0.29, 0.717) is 22.3 Å². The second-order valence-electron chi connectivity index (χ2n) is 3.65. The molecule has 0 atom stereocenters. The van der Waals surface area contributed by atoms with E-state index in [9.17, 15) is 0 Å². The first-order valence-electron chi connectivity index (χ1n) is 5.20. The van der Waals surface area contributed by atoms with Gasteiger partial charge >= 0.3 is 0 Å². The van der Waals surface area contributed by atoms with E-state index in [-0.39, 0.29) is 6.61 Å². The number of rotatable bonds is 3. The Bertz CT molecular complexity index is 529. The molecule has 17 heavy (non-hydrogen) atoms. The van der Waals surface area contributed by atoms with E-state index in [2.05, 4.69) is 4.98 Å². The van der Waals surface area contributed by atoms with Gasteiger partial charge < -0.3 is 9.84 Å². The normalized spacial score (nSPS) is 10.3. The zero-order chi connectivity index (χ0) is 12.3. The highest BCUT2D eigenvalue weighted by Gasteiger charge is 2.04. The first kappa shape index (κ1) is 11.9. The van der Waals surface area contributed by atoms with Crippen molar-refractivity contribution in [3.63, 3.8) is 0 Å². The summed E-state index contributed by atoms with van der Waals surface area (Å²) >= 11 is 5.85. The molecule has 0 fully saturated rings. The summed E-state index contributed by atoms with van der Waals surface area (Å²) in [5, 5.41) is 9.48. The Balaban J connectivity index is 2.24. The molecule has 0 aliphatic heterocycles. The van der Waals surface area contributed by atoms with Gasteiger partial charge in [0, 0.05) is 6.07 Å². The number of aliphatic hydroxyl groups is 1. The molecule has 2 aromatic rings. The number of aliphatic hydroxyl groups excluding tert-OH is 1. The van der Waals surface area contributed by atoms with Gasteiger partial charge in [-0.15, -0.1) is 0 Å². The smallest absolute Gasteiger partial charge is 0.219 e. The number of hydrogen-bond acceptors (Lipinski definition) is 3. The van der Waals surface area contributed by atoms with Crippen LogP contribution < -0.4 is 4.74 Å². The van der Waals surface area contributed by atoms with E-state index < -0.39 is 0 Å². The summed E-state index contributed by atoms with van der Waals surface area (Å²) in [7, 11) is 0. The van der Waals surface area contributed by atoms with Gasteiger partial charge in [-0.3, -0.25) is 0 Å². The summed E-state index contributed by atoms with van der Waals surface area (Å²) in [4.78, 5) is 4.11. The third-order valence-electron chi connectivity index (χ3n) is 2.25. The average Bonchev–Trinajstić information content (AvgIpc) is 2.32. The number of aryl methyl sites for hydroxylation is 1. The van der Waals surface area contributed by atoms with Gasteiger partial charge in [-0.1, -0.05) is 23.7 Å². The van der Waals surface area contributed by atoms with E-state index in [4.69, 9.17) is 21.4 Å². The highest BCUT2D eigenvalue weighted by Crippen LogP contribution is 2.23. The lowest BCUT2D eigenvalue weighted by Gasteiger charge is -2.07. The average molecular weight is 250 g/mol. The van der Waals surface area contributed by atoms with Crippen LogP contribution in [0.25, 0.3) is 0 Å². The summed E-state index contributed by atoms with van der Waals surface area (Å²) < 4.78 is 5.58. The molecule has 2 rings (SSSR count). The van der Waals surface area contributed by atoms with Crippen LogP contribution in [0.4, 0.5) is 0 Å². The fourth-order valence-corrected chi connectivity index (χ4v) is 1.60. The van der Waals surface area contributed by atoms with Gasteiger partial charge in [0.2, 0.25) is 5.88 Å². The van der Waals surface area contributed by atoms with Gasteiger partial charge in [0.25, 0.3) is 0 Å². The van der Waals surface area contributed by atoms with E-state index in [1.807, 2.05) is 31.2 Å². The standard InChI is InChI=1S/C13H12ClNO2/c1-9-3-2-4-10(7-9)17-13-6-5-11(14)12(8-16)15-13/h2-7,16H,8H2,1H3. The Labute approximate surface area is 105 Å². The van der Waals surface area contributed by atoms with Crippen molar-refractivity contribution in [1.29, 1.82) is 0 Å². The predicted octanol–water partition coefficient (Wildman–Crippen LogP) is 3.33. The third kappa shape index (κ3) is 2.96. The highest BCUT2D eigenvalue weighted by atomic mass is 35.5. The maximum Gasteiger partial charge on any atom is 0.219 e. The van der Waals surface area contributed by atoms with E-state index in [1.54, 1.807) is 12.1 Å². The predicted molar refractivity (Wildman–Crippen MR) is 66.4 cm³/mol. The van der Waals surface area contributed by atoms with Crippen molar-refractivity contribution in [2.45, 2.75) is 13.5 Å². The highest BCUT2D eigenvalue weighted by molar-refractivity contribution is 6.31. The van der Waals surface area contributed by atoms with E-state index in [1.165, 1.54) is 0 Å². The molecule has 4 heteroatoms. The molecule has 1 aromatic carbocycles. The molecule has 0 saturated carbocycles. The summed E-state index contributed by atoms with van der Waals surface area (Å²) in [6.45, 7) is 1.78. The van der Waals surface area contributed by atoms with Crippen LogP contribution in [0.1, 0.15) is 11.3 Å². The molecule has 0 bridgehead atoms. The minimum absolute atomic E-state index is 0.205. The van der Waals surface area contributed by atoms with Crippen molar-refractivity contribution in [2.24, 2.45) is 0 Å². The number of benzene rings is 1. The number of aromatic nitrogens is 1.